The highest BCUT2D eigenvalue weighted by atomic mass is 32.2. The van der Waals surface area contributed by atoms with Crippen molar-refractivity contribution in [1.82, 2.24) is 14.7 Å². The van der Waals surface area contributed by atoms with Crippen LogP contribution in [0.1, 0.15) is 128 Å². The number of anilines is 4. The number of fused-ring (bicyclic) bond motifs is 3. The maximum Gasteiger partial charge on any atom is 0.316 e. The summed E-state index contributed by atoms with van der Waals surface area (Å²) in [7, 11) is 4.78. The van der Waals surface area contributed by atoms with Crippen molar-refractivity contribution in [3.63, 3.8) is 0 Å². The van der Waals surface area contributed by atoms with Crippen molar-refractivity contribution >= 4 is 112 Å². The lowest BCUT2D eigenvalue weighted by Gasteiger charge is -2.24. The predicted molar refractivity (Wildman–Crippen MR) is 393 cm³/mol. The van der Waals surface area contributed by atoms with Gasteiger partial charge in [0.25, 0.3) is 17.7 Å². The molecule has 520 valence electrons. The molecule has 3 unspecified atom stereocenters. The fourth-order valence-electron chi connectivity index (χ4n) is 10.4. The van der Waals surface area contributed by atoms with E-state index in [0.717, 1.165) is 62.5 Å². The molecule has 21 nitrogen and oxygen atoms in total. The number of amides is 4. The number of phenolic OH excluding ortho intramolecular Hbond substituents is 3. The molecule has 7 N–H and O–H groups in total. The number of methoxy groups -OCH3 is 1. The molecule has 9 aromatic rings. The number of aromatic hydroxyl groups is 3. The van der Waals surface area contributed by atoms with Gasteiger partial charge >= 0.3 is 33.8 Å². The van der Waals surface area contributed by atoms with Crippen LogP contribution in [-0.2, 0) is 38.6 Å². The first-order chi connectivity index (χ1) is 47.1. The third-order valence-corrected chi connectivity index (χ3v) is 17.8. The summed E-state index contributed by atoms with van der Waals surface area (Å²) < 4.78 is 68.4. The lowest BCUT2D eigenvalue weighted by Crippen LogP contribution is -2.33. The van der Waals surface area contributed by atoms with Gasteiger partial charge in [0.05, 0.1) is 40.9 Å². The summed E-state index contributed by atoms with van der Waals surface area (Å²) in [6.45, 7) is 15.9. The molecule has 0 aliphatic heterocycles. The Hall–Kier alpha value is -9.91. The maximum atomic E-state index is 13.5. The lowest BCUT2D eigenvalue weighted by molar-refractivity contribution is -0.114. The summed E-state index contributed by atoms with van der Waals surface area (Å²) in [5.74, 6) is 0.494. The van der Waals surface area contributed by atoms with Crippen LogP contribution in [0.2, 0.25) is 0 Å². The number of para-hydroxylation sites is 1. The zero-order chi connectivity index (χ0) is 71.0. The summed E-state index contributed by atoms with van der Waals surface area (Å²) in [6, 6.07) is 44.7. The highest BCUT2D eigenvalue weighted by Crippen LogP contribution is 2.39. The molecule has 0 aliphatic rings. The molecule has 0 aromatic heterocycles. The number of ether oxygens (including phenoxy) is 1. The third-order valence-electron chi connectivity index (χ3n) is 15.6. The second kappa shape index (κ2) is 37.0. The molecule has 9 aromatic carbocycles. The minimum atomic E-state index is -2.02. The highest BCUT2D eigenvalue weighted by molar-refractivity contribution is 7.82. The lowest BCUT2D eigenvalue weighted by atomic mass is 10.0. The maximum absolute atomic E-state index is 13.5. The summed E-state index contributed by atoms with van der Waals surface area (Å²) in [4.78, 5) is 55.7. The van der Waals surface area contributed by atoms with E-state index in [1.54, 1.807) is 164 Å². The standard InChI is InChI=1S/C28H35N3O5S.C27H34N2O5S.C19H18N2O4S/c1-5-7-15-31(16-8-6-2)28(34)24-18-26(22-11-9-10-12-23(22)27(24)33)30-37(35)36-21-14-13-19(3)25(17-21)29-20(4)32;1-5-7-15-29(16-8-6-2)27(31)23-18-24(21-11-9-10-12-22(21)26(23)30)28-35(32)34-20-13-14-25(33-4)19(3)17-20;1-21(2)19(23)16-12-17(14-10-6-7-11-15(14)18(16)22)20-26(24)25-13-8-4-3-5-9-13/h9-14,17-18,30,33H,5-8,15-16H2,1-4H3,(H,29,32);9-14,17-18,28,30H,5-8,15-16H2,1-4H3;3-12,20,22H,1-2H3. The van der Waals surface area contributed by atoms with E-state index in [9.17, 15) is 47.1 Å². The SMILES string of the molecule is CCCCN(CCCC)C(=O)c1cc(NS(=O)Oc2ccc(C)c(NC(C)=O)c2)c2ccccc2c1O.CCCCN(CCCC)C(=O)c1cc(NS(=O)Oc2ccc(OC)c(C)c2)c2ccccc2c1O.CN(C)C(=O)c1cc(NS(=O)Oc2ccccc2)c2ccccc2c1O. The van der Waals surface area contributed by atoms with Gasteiger partial charge in [-0.25, -0.2) is 0 Å². The van der Waals surface area contributed by atoms with Crippen molar-refractivity contribution in [2.45, 2.75) is 99.8 Å². The summed E-state index contributed by atoms with van der Waals surface area (Å²) >= 11 is -5.84. The number of hydrogen-bond donors (Lipinski definition) is 7. The quantitative estimate of drug-likeness (QED) is 0.0215. The van der Waals surface area contributed by atoms with E-state index in [-0.39, 0.29) is 57.6 Å². The molecule has 3 atom stereocenters. The van der Waals surface area contributed by atoms with E-state index in [1.807, 2.05) is 26.0 Å². The highest BCUT2D eigenvalue weighted by Gasteiger charge is 2.26. The topological polar surface area (TPSA) is 275 Å². The number of rotatable bonds is 29. The molecule has 0 fully saturated rings. The average Bonchev–Trinajstić information content (AvgIpc) is 0.789. The number of aryl methyl sites for hydroxylation is 2. The van der Waals surface area contributed by atoms with Crippen molar-refractivity contribution in [1.29, 1.82) is 0 Å². The van der Waals surface area contributed by atoms with E-state index in [4.69, 9.17) is 17.3 Å². The zero-order valence-corrected chi connectivity index (χ0v) is 59.3. The number of benzene rings is 9. The Kier molecular flexibility index (Phi) is 28.5. The van der Waals surface area contributed by atoms with Gasteiger partial charge in [-0.2, -0.15) is 12.6 Å². The van der Waals surface area contributed by atoms with Crippen LogP contribution in [0.15, 0.2) is 158 Å². The molecule has 98 heavy (non-hydrogen) atoms. The van der Waals surface area contributed by atoms with Crippen LogP contribution < -0.4 is 36.8 Å². The molecule has 0 aliphatic carbocycles. The number of phenols is 3. The molecule has 0 heterocycles. The van der Waals surface area contributed by atoms with Crippen LogP contribution in [0.5, 0.6) is 40.2 Å². The van der Waals surface area contributed by atoms with Gasteiger partial charge in [-0.1, -0.05) is 150 Å². The van der Waals surface area contributed by atoms with E-state index in [1.165, 1.54) is 24.0 Å². The molecule has 0 radical (unpaired) electrons. The first kappa shape index (κ1) is 75.5. The summed E-state index contributed by atoms with van der Waals surface area (Å²) in [5.41, 5.74) is 3.96. The molecular formula is C74H87N7O14S3. The van der Waals surface area contributed by atoms with Crippen LogP contribution in [0, 0.1) is 13.8 Å². The normalized spacial score (nSPS) is 11.7. The molecule has 9 rings (SSSR count). The smallest absolute Gasteiger partial charge is 0.316 e. The fraction of sp³-hybridized carbons (Fsp3) is 0.297. The van der Waals surface area contributed by atoms with Crippen LogP contribution in [0.3, 0.4) is 0 Å². The Balaban J connectivity index is 0.000000210. The van der Waals surface area contributed by atoms with Gasteiger partial charge in [-0.05, 0) is 105 Å². The number of nitrogens with zero attached hydrogens (tertiary/aromatic N) is 3. The van der Waals surface area contributed by atoms with Gasteiger partial charge < -0.3 is 52.6 Å². The minimum absolute atomic E-state index is 0.0772. The molecule has 0 saturated heterocycles. The number of carbonyl (C=O) groups excluding carboxylic acids is 4. The second-order valence-corrected chi connectivity index (χ2v) is 25.7. The van der Waals surface area contributed by atoms with Gasteiger partial charge in [-0.3, -0.25) is 33.3 Å². The van der Waals surface area contributed by atoms with E-state index >= 15 is 0 Å². The van der Waals surface area contributed by atoms with E-state index in [0.29, 0.717) is 104 Å². The number of unbranched alkanes of at least 4 members (excludes halogenated alkanes) is 4. The van der Waals surface area contributed by atoms with Gasteiger partial charge in [0.1, 0.15) is 40.2 Å². The van der Waals surface area contributed by atoms with E-state index in [2.05, 4.69) is 47.2 Å². The minimum Gasteiger partial charge on any atom is -0.506 e. The fourth-order valence-corrected chi connectivity index (χ4v) is 12.4. The molecule has 4 amide bonds. The van der Waals surface area contributed by atoms with Crippen LogP contribution >= 0.6 is 0 Å². The first-order valence-corrected chi connectivity index (χ1v) is 35.6. The number of hydrogen-bond acceptors (Lipinski definition) is 14. The summed E-state index contributed by atoms with van der Waals surface area (Å²) in [6.07, 6.45) is 7.33. The van der Waals surface area contributed by atoms with Gasteiger partial charge in [0.15, 0.2) is 0 Å². The van der Waals surface area contributed by atoms with Crippen LogP contribution in [-0.4, -0.2) is 114 Å². The van der Waals surface area contributed by atoms with Crippen molar-refractivity contribution in [3.05, 3.63) is 186 Å². The molecule has 0 spiro atoms. The van der Waals surface area contributed by atoms with Gasteiger partial charge in [0, 0.05) is 91.3 Å². The first-order valence-electron chi connectivity index (χ1n) is 32.3. The third kappa shape index (κ3) is 20.3. The Morgan fingerprint density at radius 2 is 0.765 bits per heavy atom. The summed E-state index contributed by atoms with van der Waals surface area (Å²) in [5, 5.41) is 38.6. The molecular weight excluding hydrogens is 1310 g/mol. The van der Waals surface area contributed by atoms with Crippen molar-refractivity contribution in [2.75, 3.05) is 66.9 Å². The average molecular weight is 1390 g/mol. The van der Waals surface area contributed by atoms with E-state index < -0.39 is 33.8 Å². The Morgan fingerprint density at radius 1 is 0.418 bits per heavy atom. The second-order valence-electron chi connectivity index (χ2n) is 23.2. The number of carbonyl (C=O) groups is 4. The van der Waals surface area contributed by atoms with Gasteiger partial charge in [-0.15, -0.1) is 0 Å². The molecule has 0 saturated carbocycles. The predicted octanol–water partition coefficient (Wildman–Crippen LogP) is 15.2. The number of nitrogens with one attached hydrogen (secondary N) is 4. The van der Waals surface area contributed by atoms with Gasteiger partial charge in [0.2, 0.25) is 5.91 Å². The largest absolute Gasteiger partial charge is 0.506 e. The van der Waals surface area contributed by atoms with Crippen molar-refractivity contribution in [2.24, 2.45) is 0 Å². The molecule has 0 bridgehead atoms. The molecule has 24 heteroatoms. The van der Waals surface area contributed by atoms with Crippen molar-refractivity contribution in [3.8, 4) is 40.2 Å². The monoisotopic (exact) mass is 1390 g/mol. The Labute approximate surface area is 580 Å². The Morgan fingerprint density at radius 3 is 1.12 bits per heavy atom. The van der Waals surface area contributed by atoms with Crippen LogP contribution in [0.4, 0.5) is 22.7 Å². The van der Waals surface area contributed by atoms with Crippen LogP contribution in [0.25, 0.3) is 32.3 Å². The van der Waals surface area contributed by atoms with Crippen molar-refractivity contribution < 1.29 is 64.4 Å². The Bertz CT molecular complexity index is 4310. The zero-order valence-electron chi connectivity index (χ0n) is 56.9.